The molecule has 0 radical (unpaired) electrons. The zero-order valence-corrected chi connectivity index (χ0v) is 25.3. The van der Waals surface area contributed by atoms with E-state index in [0.717, 1.165) is 22.0 Å². The van der Waals surface area contributed by atoms with Gasteiger partial charge in [-0.25, -0.2) is 4.79 Å². The minimum Gasteiger partial charge on any atom is -0.480 e. The third kappa shape index (κ3) is 12.7. The number of hydrogen-bond donors (Lipinski definition) is 3. The van der Waals surface area contributed by atoms with Gasteiger partial charge in [0.2, 0.25) is 22.8 Å². The lowest BCUT2D eigenvalue weighted by atomic mass is 10.1. The van der Waals surface area contributed by atoms with Crippen molar-refractivity contribution in [2.75, 3.05) is 51.7 Å². The largest absolute Gasteiger partial charge is 0.480 e. The molecule has 0 saturated carbocycles. The van der Waals surface area contributed by atoms with E-state index in [4.69, 9.17) is 14.6 Å². The Hall–Kier alpha value is -4.57. The number of nitrogens with zero attached hydrogens (tertiary/aromatic N) is 2. The Balaban J connectivity index is 1.71. The van der Waals surface area contributed by atoms with Gasteiger partial charge >= 0.3 is 11.9 Å². The molecule has 0 saturated heterocycles. The molecule has 0 spiro atoms. The molecule has 0 fully saturated rings. The second kappa shape index (κ2) is 16.9. The van der Waals surface area contributed by atoms with E-state index < -0.39 is 71.8 Å². The highest BCUT2D eigenvalue weighted by Crippen LogP contribution is 2.17. The Bertz CT molecular complexity index is 1300. The van der Waals surface area contributed by atoms with Crippen LogP contribution in [0.1, 0.15) is 41.5 Å². The van der Waals surface area contributed by atoms with Crippen LogP contribution >= 0.6 is 11.8 Å². The number of carboxylic acids is 1. The van der Waals surface area contributed by atoms with Crippen LogP contribution in [0, 0.1) is 0 Å². The molecule has 0 bridgehead atoms. The number of carbonyl (C=O) groups is 8. The molecule has 3 N–H and O–H groups in total. The molecule has 1 aromatic rings. The predicted molar refractivity (Wildman–Crippen MR) is 155 cm³/mol. The number of carboxylic acid groups (broad SMARTS) is 1. The van der Waals surface area contributed by atoms with Crippen molar-refractivity contribution in [1.29, 1.82) is 0 Å². The number of rotatable bonds is 16. The SMILES string of the molecule is CC(C)(C)OC(=O)c1cccc(C(=O)SCC(=O)NCC(=O)NCC(=O)N(CCOCCN2C(=O)C=CC2=O)CC(=O)O)c1. The van der Waals surface area contributed by atoms with Crippen molar-refractivity contribution in [3.63, 3.8) is 0 Å². The van der Waals surface area contributed by atoms with Crippen LogP contribution < -0.4 is 10.6 Å². The first-order valence-electron chi connectivity index (χ1n) is 13.3. The summed E-state index contributed by atoms with van der Waals surface area (Å²) in [7, 11) is 0. The van der Waals surface area contributed by atoms with Crippen LogP contribution in [0.3, 0.4) is 0 Å². The molecule has 5 amide bonds. The minimum atomic E-state index is -1.29. The van der Waals surface area contributed by atoms with Gasteiger partial charge in [0, 0.05) is 24.3 Å². The van der Waals surface area contributed by atoms with Crippen LogP contribution in [-0.2, 0) is 38.2 Å². The Morgan fingerprint density at radius 2 is 1.57 bits per heavy atom. The van der Waals surface area contributed by atoms with Crippen molar-refractivity contribution in [3.8, 4) is 0 Å². The number of nitrogens with one attached hydrogen (secondary N) is 2. The van der Waals surface area contributed by atoms with Gasteiger partial charge in [0.1, 0.15) is 12.1 Å². The van der Waals surface area contributed by atoms with Gasteiger partial charge in [-0.2, -0.15) is 0 Å². The number of hydrogen-bond acceptors (Lipinski definition) is 11. The second-order valence-electron chi connectivity index (χ2n) is 10.2. The quantitative estimate of drug-likeness (QED) is 0.121. The molecule has 1 heterocycles. The molecule has 238 valence electrons. The Morgan fingerprint density at radius 1 is 0.932 bits per heavy atom. The standard InChI is InChI=1S/C28H34N4O11S/c1-28(2,3)43-26(40)18-5-4-6-19(13-18)27(41)44-17-21(34)29-14-20(33)30-15-24(37)31(16-25(38)39)9-11-42-12-10-32-22(35)7-8-23(32)36/h4-8,13H,9-12,14-17H2,1-3H3,(H,29,34)(H,30,33)(H,38,39). The summed E-state index contributed by atoms with van der Waals surface area (Å²) in [6, 6.07) is 5.87. The Labute approximate surface area is 257 Å². The summed E-state index contributed by atoms with van der Waals surface area (Å²) in [4.78, 5) is 97.5. The lowest BCUT2D eigenvalue weighted by Gasteiger charge is -2.21. The topological polar surface area (TPSA) is 206 Å². The lowest BCUT2D eigenvalue weighted by Crippen LogP contribution is -2.46. The van der Waals surface area contributed by atoms with Crippen molar-refractivity contribution in [3.05, 3.63) is 47.5 Å². The number of amides is 5. The second-order valence-corrected chi connectivity index (χ2v) is 11.1. The average molecular weight is 635 g/mol. The minimum absolute atomic E-state index is 0.00667. The van der Waals surface area contributed by atoms with Crippen LogP contribution in [0.15, 0.2) is 36.4 Å². The average Bonchev–Trinajstić information content (AvgIpc) is 3.27. The predicted octanol–water partition coefficient (Wildman–Crippen LogP) is -0.397. The zero-order valence-electron chi connectivity index (χ0n) is 24.5. The highest BCUT2D eigenvalue weighted by Gasteiger charge is 2.23. The molecular formula is C28H34N4O11S. The third-order valence-corrected chi connectivity index (χ3v) is 6.40. The molecule has 0 unspecified atom stereocenters. The van der Waals surface area contributed by atoms with Crippen molar-refractivity contribution in [1.82, 2.24) is 20.4 Å². The molecule has 1 aliphatic heterocycles. The maximum Gasteiger partial charge on any atom is 0.338 e. The molecule has 15 nitrogen and oxygen atoms in total. The smallest absolute Gasteiger partial charge is 0.338 e. The Kier molecular flexibility index (Phi) is 13.7. The highest BCUT2D eigenvalue weighted by molar-refractivity contribution is 8.14. The van der Waals surface area contributed by atoms with Gasteiger partial charge in [-0.05, 0) is 32.9 Å². The van der Waals surface area contributed by atoms with Crippen LogP contribution in [0.5, 0.6) is 0 Å². The highest BCUT2D eigenvalue weighted by atomic mass is 32.2. The van der Waals surface area contributed by atoms with E-state index in [9.17, 15) is 38.4 Å². The first kappa shape index (κ1) is 35.6. The summed E-state index contributed by atoms with van der Waals surface area (Å²) in [5, 5.41) is 13.2. The van der Waals surface area contributed by atoms with Crippen LogP contribution in [-0.4, -0.2) is 119 Å². The van der Waals surface area contributed by atoms with E-state index >= 15 is 0 Å². The summed E-state index contributed by atoms with van der Waals surface area (Å²) in [6.07, 6.45) is 2.26. The first-order valence-corrected chi connectivity index (χ1v) is 14.3. The number of carbonyl (C=O) groups excluding carboxylic acids is 7. The number of benzene rings is 1. The monoisotopic (exact) mass is 634 g/mol. The van der Waals surface area contributed by atoms with Gasteiger partial charge in [0.15, 0.2) is 0 Å². The fourth-order valence-electron chi connectivity index (χ4n) is 3.44. The van der Waals surface area contributed by atoms with E-state index in [1.165, 1.54) is 24.3 Å². The van der Waals surface area contributed by atoms with Crippen LogP contribution in [0.2, 0.25) is 0 Å². The molecule has 16 heteroatoms. The van der Waals surface area contributed by atoms with E-state index in [2.05, 4.69) is 10.6 Å². The van der Waals surface area contributed by atoms with Crippen LogP contribution in [0.25, 0.3) is 0 Å². The van der Waals surface area contributed by atoms with Gasteiger partial charge in [-0.1, -0.05) is 23.9 Å². The zero-order chi connectivity index (χ0) is 32.9. The number of aliphatic carboxylic acids is 1. The van der Waals surface area contributed by atoms with E-state index in [-0.39, 0.29) is 43.2 Å². The maximum atomic E-state index is 12.5. The number of esters is 1. The van der Waals surface area contributed by atoms with E-state index in [0.29, 0.717) is 11.8 Å². The summed E-state index contributed by atoms with van der Waals surface area (Å²) < 4.78 is 10.6. The summed E-state index contributed by atoms with van der Waals surface area (Å²) in [5.41, 5.74) is -0.342. The van der Waals surface area contributed by atoms with Gasteiger partial charge in [-0.3, -0.25) is 38.5 Å². The van der Waals surface area contributed by atoms with Crippen molar-refractivity contribution < 1.29 is 52.9 Å². The Morgan fingerprint density at radius 3 is 2.20 bits per heavy atom. The molecular weight excluding hydrogens is 600 g/mol. The van der Waals surface area contributed by atoms with Gasteiger partial charge in [0.25, 0.3) is 11.8 Å². The van der Waals surface area contributed by atoms with Crippen LogP contribution in [0.4, 0.5) is 0 Å². The van der Waals surface area contributed by atoms with Gasteiger partial charge in [0.05, 0.1) is 44.2 Å². The number of thioether (sulfide) groups is 1. The normalized spacial score (nSPS) is 12.6. The molecule has 2 rings (SSSR count). The summed E-state index contributed by atoms with van der Waals surface area (Å²) in [6.45, 7) is 3.18. The fourth-order valence-corrected chi connectivity index (χ4v) is 4.10. The molecule has 0 aliphatic carbocycles. The lowest BCUT2D eigenvalue weighted by molar-refractivity contribution is -0.145. The van der Waals surface area contributed by atoms with Crippen molar-refractivity contribution in [2.45, 2.75) is 26.4 Å². The molecule has 1 aromatic carbocycles. The molecule has 44 heavy (non-hydrogen) atoms. The summed E-state index contributed by atoms with van der Waals surface area (Å²) >= 11 is 0.667. The van der Waals surface area contributed by atoms with E-state index in [1.807, 2.05) is 0 Å². The first-order chi connectivity index (χ1) is 20.7. The third-order valence-electron chi connectivity index (χ3n) is 5.49. The van der Waals surface area contributed by atoms with Gasteiger partial charge < -0.3 is 30.1 Å². The number of ether oxygens (including phenoxy) is 2. The summed E-state index contributed by atoms with van der Waals surface area (Å²) in [5.74, 6) is -5.23. The molecule has 0 aromatic heterocycles. The number of imide groups is 1. The van der Waals surface area contributed by atoms with Crippen molar-refractivity contribution >= 4 is 58.4 Å². The maximum absolute atomic E-state index is 12.5. The fraction of sp³-hybridized carbons (Fsp3) is 0.429. The van der Waals surface area contributed by atoms with Crippen molar-refractivity contribution in [2.24, 2.45) is 0 Å². The molecule has 1 aliphatic rings. The van der Waals surface area contributed by atoms with E-state index in [1.54, 1.807) is 20.8 Å². The van der Waals surface area contributed by atoms with Gasteiger partial charge in [-0.15, -0.1) is 0 Å². The molecule has 0 atom stereocenters.